The molecule has 3 N–H and O–H groups in total. The first-order valence-corrected chi connectivity index (χ1v) is 8.82. The van der Waals surface area contributed by atoms with E-state index in [1.54, 1.807) is 36.4 Å². The smallest absolute Gasteiger partial charge is 0.291 e. The number of carbonyl (C=O) groups excluding carboxylic acids is 1. The molecule has 0 aliphatic carbocycles. The summed E-state index contributed by atoms with van der Waals surface area (Å²) < 4.78 is 7.20. The van der Waals surface area contributed by atoms with Crippen molar-refractivity contribution in [2.75, 3.05) is 11.1 Å². The van der Waals surface area contributed by atoms with Crippen LogP contribution in [-0.2, 0) is 0 Å². The molecule has 0 saturated carbocycles. The number of amides is 1. The SMILES string of the molecule is Nc1ccc(NC(=O)c2ccc(-c3ccc(Br)cc3Cl)o2)c(Br)c1. The first-order chi connectivity index (χ1) is 11.4. The summed E-state index contributed by atoms with van der Waals surface area (Å²) in [6.45, 7) is 0. The normalized spacial score (nSPS) is 10.6. The summed E-state index contributed by atoms with van der Waals surface area (Å²) >= 11 is 12.9. The van der Waals surface area contributed by atoms with Crippen LogP contribution in [0.25, 0.3) is 11.3 Å². The first kappa shape index (κ1) is 17.1. The number of nitrogens with two attached hydrogens (primary N) is 1. The van der Waals surface area contributed by atoms with Crippen molar-refractivity contribution < 1.29 is 9.21 Å². The van der Waals surface area contributed by atoms with Gasteiger partial charge in [-0.3, -0.25) is 4.79 Å². The van der Waals surface area contributed by atoms with Crippen LogP contribution in [0.2, 0.25) is 5.02 Å². The topological polar surface area (TPSA) is 68.3 Å². The molecule has 1 heterocycles. The van der Waals surface area contributed by atoms with Crippen LogP contribution >= 0.6 is 43.5 Å². The number of hydrogen-bond acceptors (Lipinski definition) is 3. The van der Waals surface area contributed by atoms with Gasteiger partial charge in [-0.05, 0) is 64.5 Å². The minimum Gasteiger partial charge on any atom is -0.451 e. The zero-order valence-electron chi connectivity index (χ0n) is 12.1. The lowest BCUT2D eigenvalue weighted by atomic mass is 10.2. The zero-order valence-corrected chi connectivity index (χ0v) is 16.1. The fourth-order valence-electron chi connectivity index (χ4n) is 2.11. The van der Waals surface area contributed by atoms with E-state index in [9.17, 15) is 4.79 Å². The Morgan fingerprint density at radius 1 is 1.08 bits per heavy atom. The predicted octanol–water partition coefficient (Wildman–Crippen LogP) is 5.96. The van der Waals surface area contributed by atoms with Crippen molar-refractivity contribution in [1.82, 2.24) is 0 Å². The van der Waals surface area contributed by atoms with Crippen molar-refractivity contribution in [1.29, 1.82) is 0 Å². The highest BCUT2D eigenvalue weighted by molar-refractivity contribution is 9.10. The minimum absolute atomic E-state index is 0.188. The summed E-state index contributed by atoms with van der Waals surface area (Å²) in [5, 5.41) is 3.30. The highest BCUT2D eigenvalue weighted by Crippen LogP contribution is 2.32. The average Bonchev–Trinajstić information content (AvgIpc) is 3.00. The molecule has 0 aliphatic rings. The second-order valence-corrected chi connectivity index (χ2v) is 7.16. The lowest BCUT2D eigenvalue weighted by Gasteiger charge is -2.06. The van der Waals surface area contributed by atoms with Crippen molar-refractivity contribution in [3.63, 3.8) is 0 Å². The number of halogens is 3. The second-order valence-electron chi connectivity index (χ2n) is 4.98. The molecular weight excluding hydrogens is 459 g/mol. The van der Waals surface area contributed by atoms with Gasteiger partial charge in [0.2, 0.25) is 0 Å². The molecule has 4 nitrogen and oxygen atoms in total. The summed E-state index contributed by atoms with van der Waals surface area (Å²) in [4.78, 5) is 12.3. The lowest BCUT2D eigenvalue weighted by molar-refractivity contribution is 0.0997. The summed E-state index contributed by atoms with van der Waals surface area (Å²) in [5.74, 6) is 0.349. The Morgan fingerprint density at radius 3 is 2.58 bits per heavy atom. The number of rotatable bonds is 3. The molecule has 0 spiro atoms. The van der Waals surface area contributed by atoms with E-state index in [1.807, 2.05) is 12.1 Å². The number of nitrogens with one attached hydrogen (secondary N) is 1. The standard InChI is InChI=1S/C17H11Br2ClN2O2/c18-9-1-3-11(13(20)7-9)15-5-6-16(24-15)17(23)22-14-4-2-10(21)8-12(14)19/h1-8H,21H2,(H,22,23). The van der Waals surface area contributed by atoms with Crippen molar-refractivity contribution >= 4 is 60.7 Å². The van der Waals surface area contributed by atoms with E-state index in [0.29, 0.717) is 32.2 Å². The maximum atomic E-state index is 12.3. The summed E-state index contributed by atoms with van der Waals surface area (Å²) in [5.41, 5.74) is 7.61. The number of hydrogen-bond donors (Lipinski definition) is 2. The monoisotopic (exact) mass is 468 g/mol. The third-order valence-corrected chi connectivity index (χ3v) is 4.73. The van der Waals surface area contributed by atoms with Gasteiger partial charge >= 0.3 is 0 Å². The Hall–Kier alpha value is -1.76. The average molecular weight is 471 g/mol. The van der Waals surface area contributed by atoms with E-state index in [2.05, 4.69) is 37.2 Å². The van der Waals surface area contributed by atoms with Gasteiger partial charge in [-0.15, -0.1) is 0 Å². The Balaban J connectivity index is 1.83. The van der Waals surface area contributed by atoms with Gasteiger partial charge in [0.25, 0.3) is 5.91 Å². The maximum Gasteiger partial charge on any atom is 0.291 e. The van der Waals surface area contributed by atoms with E-state index in [1.165, 1.54) is 0 Å². The van der Waals surface area contributed by atoms with Gasteiger partial charge in [-0.1, -0.05) is 27.5 Å². The van der Waals surface area contributed by atoms with Crippen LogP contribution in [0.3, 0.4) is 0 Å². The van der Waals surface area contributed by atoms with Crippen LogP contribution in [0.1, 0.15) is 10.6 Å². The molecule has 7 heteroatoms. The highest BCUT2D eigenvalue weighted by atomic mass is 79.9. The minimum atomic E-state index is -0.361. The molecule has 24 heavy (non-hydrogen) atoms. The van der Waals surface area contributed by atoms with Crippen molar-refractivity contribution in [2.45, 2.75) is 0 Å². The molecule has 0 aliphatic heterocycles. The third-order valence-electron chi connectivity index (χ3n) is 3.27. The molecule has 0 radical (unpaired) electrons. The van der Waals surface area contributed by atoms with Crippen LogP contribution in [0.4, 0.5) is 11.4 Å². The fraction of sp³-hybridized carbons (Fsp3) is 0. The van der Waals surface area contributed by atoms with Gasteiger partial charge in [-0.2, -0.15) is 0 Å². The number of furan rings is 1. The number of nitrogen functional groups attached to an aromatic ring is 1. The van der Waals surface area contributed by atoms with Crippen LogP contribution in [0.5, 0.6) is 0 Å². The Labute approximate surface area is 160 Å². The molecule has 0 saturated heterocycles. The quantitative estimate of drug-likeness (QED) is 0.464. The molecule has 3 aromatic rings. The van der Waals surface area contributed by atoms with Crippen molar-refractivity contribution in [3.05, 3.63) is 68.3 Å². The van der Waals surface area contributed by atoms with Crippen LogP contribution in [0.15, 0.2) is 61.9 Å². The van der Waals surface area contributed by atoms with E-state index in [4.69, 9.17) is 21.8 Å². The molecule has 0 atom stereocenters. The Kier molecular flexibility index (Phi) is 4.99. The van der Waals surface area contributed by atoms with Gasteiger partial charge in [0, 0.05) is 20.2 Å². The van der Waals surface area contributed by atoms with Crippen LogP contribution < -0.4 is 11.1 Å². The number of anilines is 2. The largest absolute Gasteiger partial charge is 0.451 e. The van der Waals surface area contributed by atoms with E-state index in [-0.39, 0.29) is 11.7 Å². The molecule has 3 rings (SSSR count). The van der Waals surface area contributed by atoms with Gasteiger partial charge in [0.15, 0.2) is 5.76 Å². The fourth-order valence-corrected chi connectivity index (χ4v) is 3.37. The van der Waals surface area contributed by atoms with E-state index < -0.39 is 0 Å². The number of carbonyl (C=O) groups is 1. The lowest BCUT2D eigenvalue weighted by Crippen LogP contribution is -2.11. The number of benzene rings is 2. The van der Waals surface area contributed by atoms with E-state index >= 15 is 0 Å². The van der Waals surface area contributed by atoms with Crippen LogP contribution in [-0.4, -0.2) is 5.91 Å². The van der Waals surface area contributed by atoms with Gasteiger partial charge < -0.3 is 15.5 Å². The Morgan fingerprint density at radius 2 is 1.88 bits per heavy atom. The van der Waals surface area contributed by atoms with Crippen LogP contribution in [0, 0.1) is 0 Å². The molecule has 1 amide bonds. The Bertz CT molecular complexity index is 925. The predicted molar refractivity (Wildman–Crippen MR) is 103 cm³/mol. The zero-order chi connectivity index (χ0) is 17.3. The third kappa shape index (κ3) is 3.66. The molecule has 1 aromatic heterocycles. The second kappa shape index (κ2) is 7.01. The molecule has 0 bridgehead atoms. The maximum absolute atomic E-state index is 12.3. The summed E-state index contributed by atoms with van der Waals surface area (Å²) in [6.07, 6.45) is 0. The molecule has 122 valence electrons. The highest BCUT2D eigenvalue weighted by Gasteiger charge is 2.15. The van der Waals surface area contributed by atoms with Gasteiger partial charge in [0.1, 0.15) is 5.76 Å². The molecule has 0 fully saturated rings. The summed E-state index contributed by atoms with van der Waals surface area (Å²) in [7, 11) is 0. The molecule has 0 unspecified atom stereocenters. The van der Waals surface area contributed by atoms with Crippen molar-refractivity contribution in [3.8, 4) is 11.3 Å². The summed E-state index contributed by atoms with van der Waals surface area (Å²) in [6, 6.07) is 13.9. The van der Waals surface area contributed by atoms with Gasteiger partial charge in [0.05, 0.1) is 10.7 Å². The van der Waals surface area contributed by atoms with Gasteiger partial charge in [-0.25, -0.2) is 0 Å². The van der Waals surface area contributed by atoms with Crippen molar-refractivity contribution in [2.24, 2.45) is 0 Å². The first-order valence-electron chi connectivity index (χ1n) is 6.85. The molecular formula is C17H11Br2ClN2O2. The molecule has 2 aromatic carbocycles. The van der Waals surface area contributed by atoms with E-state index in [0.717, 1.165) is 4.47 Å².